The van der Waals surface area contributed by atoms with Crippen molar-refractivity contribution in [2.24, 2.45) is 11.7 Å². The second-order valence-electron chi connectivity index (χ2n) is 11.3. The smallest absolute Gasteiger partial charge is 0.237 e. The number of fused-ring (bicyclic) bond motifs is 1. The van der Waals surface area contributed by atoms with Gasteiger partial charge in [0.25, 0.3) is 0 Å². The highest BCUT2D eigenvalue weighted by Gasteiger charge is 2.60. The highest BCUT2D eigenvalue weighted by Crippen LogP contribution is 2.52. The topological polar surface area (TPSA) is 105 Å². The van der Waals surface area contributed by atoms with E-state index in [2.05, 4.69) is 10.6 Å². The zero-order valence-electron chi connectivity index (χ0n) is 22.1. The minimum absolute atomic E-state index is 0.0193. The number of nitrogens with zero attached hydrogens (tertiary/aromatic N) is 1. The first-order chi connectivity index (χ1) is 18.7. The molecule has 4 N–H and O–H groups in total. The summed E-state index contributed by atoms with van der Waals surface area (Å²) in [6, 6.07) is 13.3. The first-order valence-electron chi connectivity index (χ1n) is 13.9. The van der Waals surface area contributed by atoms with Crippen molar-refractivity contribution in [1.82, 2.24) is 10.2 Å². The average Bonchev–Trinajstić information content (AvgIpc) is 3.05. The Bertz CT molecular complexity index is 1250. The number of anilines is 1. The van der Waals surface area contributed by atoms with E-state index >= 15 is 0 Å². The SMILES string of the molecule is NC(=O)C1CCN(C(=O)CNC2(C3(Cc4cccc(Cl)c4)C(=O)Nc4cc(Cl)ccc43)CCCCCC2)CC1. The van der Waals surface area contributed by atoms with Gasteiger partial charge in [0.2, 0.25) is 17.7 Å². The first-order valence-corrected chi connectivity index (χ1v) is 14.7. The third-order valence-electron chi connectivity index (χ3n) is 9.04. The van der Waals surface area contributed by atoms with Crippen LogP contribution in [0.2, 0.25) is 10.0 Å². The number of carbonyl (C=O) groups excluding carboxylic acids is 3. The third-order valence-corrected chi connectivity index (χ3v) is 9.51. The molecule has 5 rings (SSSR count). The number of hydrogen-bond acceptors (Lipinski definition) is 4. The quantitative estimate of drug-likeness (QED) is 0.414. The second kappa shape index (κ2) is 11.5. The van der Waals surface area contributed by atoms with Crippen LogP contribution in [0.15, 0.2) is 42.5 Å². The number of nitrogens with two attached hydrogens (primary N) is 1. The van der Waals surface area contributed by atoms with Gasteiger partial charge in [0.1, 0.15) is 0 Å². The minimum Gasteiger partial charge on any atom is -0.369 e. The minimum atomic E-state index is -0.957. The van der Waals surface area contributed by atoms with E-state index in [1.807, 2.05) is 47.4 Å². The lowest BCUT2D eigenvalue weighted by atomic mass is 9.59. The van der Waals surface area contributed by atoms with E-state index in [9.17, 15) is 14.4 Å². The molecule has 1 saturated heterocycles. The van der Waals surface area contributed by atoms with E-state index in [0.717, 1.165) is 55.3 Å². The molecule has 9 heteroatoms. The molecule has 208 valence electrons. The van der Waals surface area contributed by atoms with Crippen molar-refractivity contribution in [3.05, 3.63) is 63.6 Å². The van der Waals surface area contributed by atoms with Crippen LogP contribution in [0.5, 0.6) is 0 Å². The van der Waals surface area contributed by atoms with E-state index < -0.39 is 11.0 Å². The fraction of sp³-hybridized carbons (Fsp3) is 0.500. The molecule has 2 aliphatic heterocycles. The van der Waals surface area contributed by atoms with Gasteiger partial charge in [-0.2, -0.15) is 0 Å². The molecule has 0 aromatic heterocycles. The molecular weight excluding hydrogens is 535 g/mol. The fourth-order valence-corrected chi connectivity index (χ4v) is 7.36. The van der Waals surface area contributed by atoms with Gasteiger partial charge in [-0.25, -0.2) is 0 Å². The number of likely N-dealkylation sites (tertiary alicyclic amines) is 1. The molecule has 2 fully saturated rings. The summed E-state index contributed by atoms with van der Waals surface area (Å²) < 4.78 is 0. The first kappa shape index (κ1) is 27.9. The molecule has 1 unspecified atom stereocenters. The molecule has 1 aliphatic carbocycles. The van der Waals surface area contributed by atoms with Crippen molar-refractivity contribution in [1.29, 1.82) is 0 Å². The molecule has 0 spiro atoms. The van der Waals surface area contributed by atoms with Crippen molar-refractivity contribution in [3.8, 4) is 0 Å². The number of amides is 3. The van der Waals surface area contributed by atoms with E-state index in [-0.39, 0.29) is 30.2 Å². The van der Waals surface area contributed by atoms with Crippen LogP contribution in [0, 0.1) is 5.92 Å². The molecule has 3 aliphatic rings. The molecular formula is C30H36Cl2N4O3. The summed E-state index contributed by atoms with van der Waals surface area (Å²) in [5.74, 6) is -0.577. The number of carbonyl (C=O) groups is 3. The van der Waals surface area contributed by atoms with Crippen molar-refractivity contribution < 1.29 is 14.4 Å². The molecule has 2 heterocycles. The lowest BCUT2D eigenvalue weighted by molar-refractivity contribution is -0.135. The number of primary amides is 1. The monoisotopic (exact) mass is 570 g/mol. The Labute approximate surface area is 239 Å². The highest BCUT2D eigenvalue weighted by atomic mass is 35.5. The number of nitrogens with one attached hydrogen (secondary N) is 2. The van der Waals surface area contributed by atoms with Crippen LogP contribution in [-0.2, 0) is 26.2 Å². The maximum absolute atomic E-state index is 14.3. The number of benzene rings is 2. The zero-order chi connectivity index (χ0) is 27.6. The molecule has 2 aromatic carbocycles. The summed E-state index contributed by atoms with van der Waals surface area (Å²) in [4.78, 5) is 41.1. The molecule has 39 heavy (non-hydrogen) atoms. The molecule has 0 bridgehead atoms. The van der Waals surface area contributed by atoms with Gasteiger partial charge < -0.3 is 21.3 Å². The third kappa shape index (κ3) is 5.41. The number of halogens is 2. The standard InChI is InChI=1S/C30H36Cl2N4O3/c31-22-7-5-6-20(16-22)18-30(24-9-8-23(32)17-25(24)35-28(30)39)29(12-3-1-2-4-13-29)34-19-26(37)36-14-10-21(11-15-36)27(33)38/h5-9,16-17,21,34H,1-4,10-15,18-19H2,(H2,33,38)(H,35,39). The molecule has 0 radical (unpaired) electrons. The number of piperidine rings is 1. The summed E-state index contributed by atoms with van der Waals surface area (Å²) >= 11 is 12.7. The largest absolute Gasteiger partial charge is 0.369 e. The number of hydrogen-bond donors (Lipinski definition) is 3. The van der Waals surface area contributed by atoms with Gasteiger partial charge in [-0.15, -0.1) is 0 Å². The Hall–Kier alpha value is -2.61. The Kier molecular flexibility index (Phi) is 8.22. The van der Waals surface area contributed by atoms with Crippen LogP contribution in [0.25, 0.3) is 0 Å². The predicted octanol–water partition coefficient (Wildman–Crippen LogP) is 4.83. The van der Waals surface area contributed by atoms with Crippen LogP contribution >= 0.6 is 23.2 Å². The van der Waals surface area contributed by atoms with E-state index in [0.29, 0.717) is 42.4 Å². The predicted molar refractivity (Wildman–Crippen MR) is 154 cm³/mol. The lowest BCUT2D eigenvalue weighted by Crippen LogP contribution is -2.66. The molecule has 1 atom stereocenters. The van der Waals surface area contributed by atoms with Crippen molar-refractivity contribution in [2.75, 3.05) is 25.0 Å². The van der Waals surface area contributed by atoms with Crippen LogP contribution in [-0.4, -0.2) is 47.8 Å². The van der Waals surface area contributed by atoms with E-state index in [1.54, 1.807) is 0 Å². The van der Waals surface area contributed by atoms with Gasteiger partial charge in [-0.1, -0.05) is 67.1 Å². The van der Waals surface area contributed by atoms with Gasteiger partial charge in [0.15, 0.2) is 0 Å². The Morgan fingerprint density at radius 2 is 1.69 bits per heavy atom. The van der Waals surface area contributed by atoms with Crippen LogP contribution in [0.4, 0.5) is 5.69 Å². The summed E-state index contributed by atoms with van der Waals surface area (Å²) in [5.41, 5.74) is 6.46. The maximum Gasteiger partial charge on any atom is 0.237 e. The molecule has 2 aromatic rings. The van der Waals surface area contributed by atoms with Crippen molar-refractivity contribution in [3.63, 3.8) is 0 Å². The fourth-order valence-electron chi connectivity index (χ4n) is 6.97. The zero-order valence-corrected chi connectivity index (χ0v) is 23.6. The van der Waals surface area contributed by atoms with Crippen LogP contribution in [0.1, 0.15) is 62.5 Å². The maximum atomic E-state index is 14.3. The van der Waals surface area contributed by atoms with E-state index in [4.69, 9.17) is 28.9 Å². The van der Waals surface area contributed by atoms with Gasteiger partial charge >= 0.3 is 0 Å². The Morgan fingerprint density at radius 3 is 2.36 bits per heavy atom. The van der Waals surface area contributed by atoms with E-state index in [1.165, 1.54) is 0 Å². The average molecular weight is 572 g/mol. The van der Waals surface area contributed by atoms with Crippen LogP contribution < -0.4 is 16.4 Å². The highest BCUT2D eigenvalue weighted by molar-refractivity contribution is 6.31. The molecule has 7 nitrogen and oxygen atoms in total. The number of rotatable bonds is 7. The summed E-state index contributed by atoms with van der Waals surface area (Å²) in [5, 5.41) is 8.02. The van der Waals surface area contributed by atoms with Gasteiger partial charge in [0, 0.05) is 40.3 Å². The normalized spacial score (nSPS) is 23.1. The van der Waals surface area contributed by atoms with Gasteiger partial charge in [-0.3, -0.25) is 14.4 Å². The summed E-state index contributed by atoms with van der Waals surface area (Å²) in [6.07, 6.45) is 7.22. The second-order valence-corrected chi connectivity index (χ2v) is 12.1. The van der Waals surface area contributed by atoms with Crippen molar-refractivity contribution in [2.45, 2.75) is 68.7 Å². The van der Waals surface area contributed by atoms with Crippen LogP contribution in [0.3, 0.4) is 0 Å². The summed E-state index contributed by atoms with van der Waals surface area (Å²) in [6.45, 7) is 1.14. The Balaban J connectivity index is 1.52. The van der Waals surface area contributed by atoms with Gasteiger partial charge in [-0.05, 0) is 67.5 Å². The molecule has 3 amide bonds. The van der Waals surface area contributed by atoms with Gasteiger partial charge in [0.05, 0.1) is 12.0 Å². The Morgan fingerprint density at radius 1 is 1.00 bits per heavy atom. The summed E-state index contributed by atoms with van der Waals surface area (Å²) in [7, 11) is 0. The molecule has 1 saturated carbocycles. The lowest BCUT2D eigenvalue weighted by Gasteiger charge is -2.48. The van der Waals surface area contributed by atoms with Crippen molar-refractivity contribution >= 4 is 46.6 Å².